The molecule has 0 spiro atoms. The number of rotatable bonds is 4. The SMILES string of the molecule is Brc1cccc(Br)c1NC(c1cccs1)c1cccs1. The lowest BCUT2D eigenvalue weighted by Crippen LogP contribution is -2.10. The monoisotopic (exact) mass is 427 g/mol. The molecule has 2 aromatic heterocycles. The van der Waals surface area contributed by atoms with E-state index in [4.69, 9.17) is 0 Å². The van der Waals surface area contributed by atoms with Crippen molar-refractivity contribution in [2.45, 2.75) is 6.04 Å². The number of benzene rings is 1. The molecule has 0 fully saturated rings. The maximum atomic E-state index is 3.65. The Balaban J connectivity index is 1.99. The first-order valence-corrected chi connectivity index (χ1v) is 9.37. The van der Waals surface area contributed by atoms with E-state index in [0.29, 0.717) is 0 Å². The molecule has 0 saturated carbocycles. The summed E-state index contributed by atoms with van der Waals surface area (Å²) in [6.07, 6.45) is 0. The summed E-state index contributed by atoms with van der Waals surface area (Å²) in [5, 5.41) is 7.88. The first-order valence-electron chi connectivity index (χ1n) is 6.03. The number of thiophene rings is 2. The van der Waals surface area contributed by atoms with E-state index in [1.54, 1.807) is 22.7 Å². The Morgan fingerprint density at radius 1 is 0.800 bits per heavy atom. The van der Waals surface area contributed by atoms with E-state index in [1.165, 1.54) is 9.75 Å². The third-order valence-electron chi connectivity index (χ3n) is 2.91. The lowest BCUT2D eigenvalue weighted by molar-refractivity contribution is 0.989. The molecule has 20 heavy (non-hydrogen) atoms. The highest BCUT2D eigenvalue weighted by Gasteiger charge is 2.18. The zero-order chi connectivity index (χ0) is 13.9. The molecule has 1 N–H and O–H groups in total. The van der Waals surface area contributed by atoms with Gasteiger partial charge in [0.2, 0.25) is 0 Å². The lowest BCUT2D eigenvalue weighted by Gasteiger charge is -2.19. The highest BCUT2D eigenvalue weighted by Crippen LogP contribution is 2.37. The highest BCUT2D eigenvalue weighted by molar-refractivity contribution is 9.11. The van der Waals surface area contributed by atoms with Crippen molar-refractivity contribution in [3.05, 3.63) is 71.9 Å². The second-order valence-electron chi connectivity index (χ2n) is 4.20. The molecular weight excluding hydrogens is 418 g/mol. The summed E-state index contributed by atoms with van der Waals surface area (Å²) in [5.74, 6) is 0. The zero-order valence-corrected chi connectivity index (χ0v) is 15.2. The fourth-order valence-corrected chi connectivity index (χ4v) is 4.86. The Bertz CT molecular complexity index is 623. The summed E-state index contributed by atoms with van der Waals surface area (Å²) < 4.78 is 2.12. The largest absolute Gasteiger partial charge is 0.371 e. The van der Waals surface area contributed by atoms with Crippen LogP contribution < -0.4 is 5.32 Å². The van der Waals surface area contributed by atoms with Crippen LogP contribution in [0.5, 0.6) is 0 Å². The van der Waals surface area contributed by atoms with Gasteiger partial charge in [-0.3, -0.25) is 0 Å². The minimum atomic E-state index is 0.185. The molecule has 0 bridgehead atoms. The number of hydrogen-bond acceptors (Lipinski definition) is 3. The van der Waals surface area contributed by atoms with Crippen molar-refractivity contribution in [3.63, 3.8) is 0 Å². The molecule has 1 nitrogen and oxygen atoms in total. The summed E-state index contributed by atoms with van der Waals surface area (Å²) >= 11 is 10.8. The Kier molecular flexibility index (Phi) is 4.61. The molecule has 0 amide bonds. The minimum absolute atomic E-state index is 0.185. The van der Waals surface area contributed by atoms with Gasteiger partial charge in [-0.15, -0.1) is 22.7 Å². The van der Waals surface area contributed by atoms with E-state index in [-0.39, 0.29) is 6.04 Å². The third-order valence-corrected chi connectivity index (χ3v) is 6.10. The summed E-state index contributed by atoms with van der Waals surface area (Å²) in [7, 11) is 0. The average molecular weight is 429 g/mol. The van der Waals surface area contributed by atoms with Crippen molar-refractivity contribution in [3.8, 4) is 0 Å². The van der Waals surface area contributed by atoms with Crippen molar-refractivity contribution in [1.82, 2.24) is 0 Å². The molecule has 0 aliphatic heterocycles. The van der Waals surface area contributed by atoms with Crippen LogP contribution in [0, 0.1) is 0 Å². The summed E-state index contributed by atoms with van der Waals surface area (Å²) in [5.41, 5.74) is 1.08. The van der Waals surface area contributed by atoms with Crippen LogP contribution in [0.25, 0.3) is 0 Å². The summed E-state index contributed by atoms with van der Waals surface area (Å²) in [4.78, 5) is 2.63. The van der Waals surface area contributed by atoms with Crippen molar-refractivity contribution < 1.29 is 0 Å². The van der Waals surface area contributed by atoms with Crippen molar-refractivity contribution in [2.75, 3.05) is 5.32 Å². The van der Waals surface area contributed by atoms with Crippen LogP contribution in [0.2, 0.25) is 0 Å². The fourth-order valence-electron chi connectivity index (χ4n) is 1.97. The summed E-state index contributed by atoms with van der Waals surface area (Å²) in [6.45, 7) is 0. The first kappa shape index (κ1) is 14.3. The zero-order valence-electron chi connectivity index (χ0n) is 10.3. The van der Waals surface area contributed by atoms with Gasteiger partial charge < -0.3 is 5.32 Å². The predicted octanol–water partition coefficient (Wildman–Crippen LogP) is 6.54. The molecule has 3 aromatic rings. The maximum Gasteiger partial charge on any atom is 0.0954 e. The topological polar surface area (TPSA) is 12.0 Å². The third kappa shape index (κ3) is 3.01. The van der Waals surface area contributed by atoms with Gasteiger partial charge >= 0.3 is 0 Å². The lowest BCUT2D eigenvalue weighted by atomic mass is 10.2. The van der Waals surface area contributed by atoms with Crippen molar-refractivity contribution >= 4 is 60.2 Å². The number of halogens is 2. The number of hydrogen-bond donors (Lipinski definition) is 1. The van der Waals surface area contributed by atoms with Gasteiger partial charge in [0.05, 0.1) is 11.7 Å². The van der Waals surface area contributed by atoms with E-state index in [0.717, 1.165) is 14.6 Å². The molecule has 3 rings (SSSR count). The van der Waals surface area contributed by atoms with Gasteiger partial charge in [0, 0.05) is 18.7 Å². The smallest absolute Gasteiger partial charge is 0.0954 e. The maximum absolute atomic E-state index is 3.65. The van der Waals surface area contributed by atoms with Gasteiger partial charge in [-0.05, 0) is 66.9 Å². The number of para-hydroxylation sites is 1. The van der Waals surface area contributed by atoms with Crippen molar-refractivity contribution in [2.24, 2.45) is 0 Å². The second-order valence-corrected chi connectivity index (χ2v) is 7.87. The van der Waals surface area contributed by atoms with Crippen LogP contribution in [0.1, 0.15) is 15.8 Å². The molecule has 0 atom stereocenters. The van der Waals surface area contributed by atoms with Gasteiger partial charge in [0.15, 0.2) is 0 Å². The molecule has 5 heteroatoms. The molecule has 0 aliphatic rings. The first-order chi connectivity index (χ1) is 9.75. The van der Waals surface area contributed by atoms with Gasteiger partial charge in [-0.1, -0.05) is 18.2 Å². The van der Waals surface area contributed by atoms with Crippen LogP contribution in [-0.2, 0) is 0 Å². The van der Waals surface area contributed by atoms with E-state index in [1.807, 2.05) is 18.2 Å². The van der Waals surface area contributed by atoms with Gasteiger partial charge in [-0.25, -0.2) is 0 Å². The van der Waals surface area contributed by atoms with E-state index in [2.05, 4.69) is 72.2 Å². The Morgan fingerprint density at radius 2 is 1.35 bits per heavy atom. The Labute approximate surface area is 142 Å². The van der Waals surface area contributed by atoms with Crippen LogP contribution >= 0.6 is 54.5 Å². The highest BCUT2D eigenvalue weighted by atomic mass is 79.9. The Morgan fingerprint density at radius 3 is 1.80 bits per heavy atom. The molecule has 0 aliphatic carbocycles. The van der Waals surface area contributed by atoms with Gasteiger partial charge in [0.25, 0.3) is 0 Å². The fraction of sp³-hybridized carbons (Fsp3) is 0.0667. The summed E-state index contributed by atoms with van der Waals surface area (Å²) in [6, 6.07) is 14.8. The van der Waals surface area contributed by atoms with E-state index >= 15 is 0 Å². The minimum Gasteiger partial charge on any atom is -0.371 e. The predicted molar refractivity (Wildman–Crippen MR) is 95.9 cm³/mol. The molecular formula is C15H11Br2NS2. The molecule has 102 valence electrons. The average Bonchev–Trinajstić information content (AvgIpc) is 3.12. The quantitative estimate of drug-likeness (QED) is 0.497. The van der Waals surface area contributed by atoms with Crippen LogP contribution in [-0.4, -0.2) is 0 Å². The normalized spacial score (nSPS) is 10.9. The van der Waals surface area contributed by atoms with Crippen LogP contribution in [0.4, 0.5) is 5.69 Å². The number of anilines is 1. The second kappa shape index (κ2) is 6.43. The van der Waals surface area contributed by atoms with E-state index in [9.17, 15) is 0 Å². The standard InChI is InChI=1S/C15H11Br2NS2/c16-10-4-1-5-11(17)14(10)18-15(12-6-2-8-19-12)13-7-3-9-20-13/h1-9,15,18H. The van der Waals surface area contributed by atoms with Crippen LogP contribution in [0.15, 0.2) is 62.2 Å². The Hall–Kier alpha value is -0.620. The van der Waals surface area contributed by atoms with Crippen molar-refractivity contribution in [1.29, 1.82) is 0 Å². The van der Waals surface area contributed by atoms with Crippen LogP contribution in [0.3, 0.4) is 0 Å². The molecule has 0 radical (unpaired) electrons. The van der Waals surface area contributed by atoms with Gasteiger partial charge in [0.1, 0.15) is 0 Å². The molecule has 1 aromatic carbocycles. The molecule has 0 saturated heterocycles. The van der Waals surface area contributed by atoms with E-state index < -0.39 is 0 Å². The van der Waals surface area contributed by atoms with Gasteiger partial charge in [-0.2, -0.15) is 0 Å². The molecule has 0 unspecified atom stereocenters. The number of nitrogens with one attached hydrogen (secondary N) is 1. The molecule has 2 heterocycles.